The minimum Gasteiger partial charge on any atom is -0.480 e. The molecule has 0 aliphatic rings. The summed E-state index contributed by atoms with van der Waals surface area (Å²) >= 11 is 0. The summed E-state index contributed by atoms with van der Waals surface area (Å²) in [5, 5.41) is 8.53. The van der Waals surface area contributed by atoms with Crippen LogP contribution in [0.2, 0.25) is 0 Å². The smallest absolute Gasteiger partial charge is 0.324 e. The fourth-order valence-electron chi connectivity index (χ4n) is 0.702. The van der Waals surface area contributed by atoms with E-state index in [2.05, 4.69) is 0 Å². The van der Waals surface area contributed by atoms with Crippen molar-refractivity contribution in [3.8, 4) is 0 Å². The van der Waals surface area contributed by atoms with E-state index in [1.165, 1.54) is 21.6 Å². The second kappa shape index (κ2) is 8.62. The minimum atomic E-state index is -1.04. The van der Waals surface area contributed by atoms with Gasteiger partial charge < -0.3 is 21.3 Å². The average molecular weight is 282 g/mol. The third-order valence-corrected chi connectivity index (χ3v) is 4.02. The molecule has 0 aromatic heterocycles. The number of nitrogens with two attached hydrogens (primary N) is 2. The molecule has 2 atom stereocenters. The van der Waals surface area contributed by atoms with Gasteiger partial charge in [-0.2, -0.15) is 0 Å². The van der Waals surface area contributed by atoms with Gasteiger partial charge >= 0.3 is 11.9 Å². The van der Waals surface area contributed by atoms with E-state index < -0.39 is 24.0 Å². The van der Waals surface area contributed by atoms with Crippen molar-refractivity contribution in [3.63, 3.8) is 0 Å². The predicted molar refractivity (Wildman–Crippen MR) is 69.7 cm³/mol. The summed E-state index contributed by atoms with van der Waals surface area (Å²) in [6, 6.07) is -1.60. The molecule has 6 nitrogen and oxygen atoms in total. The van der Waals surface area contributed by atoms with Gasteiger partial charge in [0.05, 0.1) is 6.10 Å². The van der Waals surface area contributed by atoms with Crippen LogP contribution in [-0.4, -0.2) is 46.7 Å². The standard InChI is InChI=1S/C9H18N2O4S2/c1-5(2)15-9(14)7(11)4-17-16-3-6(10)8(12)13/h5-7H,3-4,10-11H2,1-2H3,(H,12,13)/t6?,7-/m0/s1. The molecule has 0 aliphatic carbocycles. The summed E-state index contributed by atoms with van der Waals surface area (Å²) in [5.41, 5.74) is 10.9. The molecule has 0 aromatic rings. The molecule has 0 aromatic carbocycles. The summed E-state index contributed by atoms with van der Waals surface area (Å²) in [5.74, 6) is -0.855. The van der Waals surface area contributed by atoms with Gasteiger partial charge in [0, 0.05) is 11.5 Å². The van der Waals surface area contributed by atoms with Gasteiger partial charge in [0.25, 0.3) is 0 Å². The molecule has 0 bridgehead atoms. The maximum absolute atomic E-state index is 11.3. The second-order valence-corrected chi connectivity index (χ2v) is 6.16. The van der Waals surface area contributed by atoms with Crippen molar-refractivity contribution in [2.24, 2.45) is 11.5 Å². The van der Waals surface area contributed by atoms with Gasteiger partial charge in [-0.1, -0.05) is 21.6 Å². The number of carboxylic acid groups (broad SMARTS) is 1. The summed E-state index contributed by atoms with van der Waals surface area (Å²) in [6.07, 6.45) is -0.188. The van der Waals surface area contributed by atoms with Crippen LogP contribution in [0.4, 0.5) is 0 Å². The van der Waals surface area contributed by atoms with Gasteiger partial charge in [-0.3, -0.25) is 9.59 Å². The van der Waals surface area contributed by atoms with Crippen LogP contribution in [0.25, 0.3) is 0 Å². The molecule has 0 heterocycles. The van der Waals surface area contributed by atoms with Gasteiger partial charge in [0.1, 0.15) is 12.1 Å². The SMILES string of the molecule is CC(C)OC(=O)[C@@H](N)CSSCC(N)C(=O)O. The molecule has 0 spiro atoms. The Balaban J connectivity index is 3.67. The lowest BCUT2D eigenvalue weighted by atomic mass is 10.3. The van der Waals surface area contributed by atoms with E-state index in [0.717, 1.165) is 0 Å². The molecule has 0 saturated carbocycles. The third kappa shape index (κ3) is 8.31. The first kappa shape index (κ1) is 16.6. The zero-order valence-corrected chi connectivity index (χ0v) is 11.4. The van der Waals surface area contributed by atoms with Crippen LogP contribution >= 0.6 is 21.6 Å². The van der Waals surface area contributed by atoms with Crippen LogP contribution in [-0.2, 0) is 14.3 Å². The Labute approximate surface area is 108 Å². The van der Waals surface area contributed by atoms with Crippen molar-refractivity contribution in [3.05, 3.63) is 0 Å². The number of carbonyl (C=O) groups excluding carboxylic acids is 1. The summed E-state index contributed by atoms with van der Waals surface area (Å²) in [6.45, 7) is 3.50. The number of rotatable bonds is 8. The van der Waals surface area contributed by atoms with E-state index in [9.17, 15) is 9.59 Å². The van der Waals surface area contributed by atoms with E-state index >= 15 is 0 Å². The van der Waals surface area contributed by atoms with Crippen LogP contribution in [0, 0.1) is 0 Å². The summed E-state index contributed by atoms with van der Waals surface area (Å²) < 4.78 is 4.92. The van der Waals surface area contributed by atoms with Crippen LogP contribution in [0.15, 0.2) is 0 Å². The largest absolute Gasteiger partial charge is 0.480 e. The minimum absolute atomic E-state index is 0.188. The van der Waals surface area contributed by atoms with Crippen molar-refractivity contribution in [1.29, 1.82) is 0 Å². The molecule has 0 aliphatic heterocycles. The van der Waals surface area contributed by atoms with Crippen LogP contribution < -0.4 is 11.5 Å². The average Bonchev–Trinajstić information content (AvgIpc) is 2.22. The Hall–Kier alpha value is -0.440. The molecule has 0 fully saturated rings. The van der Waals surface area contributed by atoms with Crippen molar-refractivity contribution in [2.75, 3.05) is 11.5 Å². The lowest BCUT2D eigenvalue weighted by molar-refractivity contribution is -0.148. The summed E-state index contributed by atoms with van der Waals surface area (Å²) in [7, 11) is 2.59. The quantitative estimate of drug-likeness (QED) is 0.325. The molecular formula is C9H18N2O4S2. The molecule has 0 rings (SSSR count). The van der Waals surface area contributed by atoms with E-state index in [4.69, 9.17) is 21.3 Å². The van der Waals surface area contributed by atoms with Crippen molar-refractivity contribution < 1.29 is 19.4 Å². The van der Waals surface area contributed by atoms with Gasteiger partial charge in [0.15, 0.2) is 0 Å². The molecule has 5 N–H and O–H groups in total. The molecular weight excluding hydrogens is 264 g/mol. The number of esters is 1. The topological polar surface area (TPSA) is 116 Å². The number of hydrogen-bond acceptors (Lipinski definition) is 7. The predicted octanol–water partition coefficient (Wildman–Crippen LogP) is 0.0586. The third-order valence-electron chi connectivity index (χ3n) is 1.55. The zero-order valence-electron chi connectivity index (χ0n) is 9.79. The van der Waals surface area contributed by atoms with E-state index in [1.807, 2.05) is 0 Å². The fraction of sp³-hybridized carbons (Fsp3) is 0.778. The highest BCUT2D eigenvalue weighted by Crippen LogP contribution is 2.22. The van der Waals surface area contributed by atoms with E-state index in [1.54, 1.807) is 13.8 Å². The number of carboxylic acids is 1. The lowest BCUT2D eigenvalue weighted by Crippen LogP contribution is -2.36. The zero-order chi connectivity index (χ0) is 13.4. The molecule has 0 saturated heterocycles. The van der Waals surface area contributed by atoms with Crippen LogP contribution in [0.3, 0.4) is 0 Å². The molecule has 0 radical (unpaired) electrons. The molecule has 0 amide bonds. The Morgan fingerprint density at radius 3 is 2.06 bits per heavy atom. The lowest BCUT2D eigenvalue weighted by Gasteiger charge is -2.13. The number of carbonyl (C=O) groups is 2. The van der Waals surface area contributed by atoms with Crippen molar-refractivity contribution in [1.82, 2.24) is 0 Å². The first-order chi connectivity index (χ1) is 7.84. The second-order valence-electron chi connectivity index (χ2n) is 3.61. The Morgan fingerprint density at radius 2 is 1.65 bits per heavy atom. The maximum Gasteiger partial charge on any atom is 0.324 e. The Bertz CT molecular complexity index is 263. The Morgan fingerprint density at radius 1 is 1.18 bits per heavy atom. The highest BCUT2D eigenvalue weighted by Gasteiger charge is 2.17. The van der Waals surface area contributed by atoms with Crippen molar-refractivity contribution in [2.45, 2.75) is 32.0 Å². The number of hydrogen-bond donors (Lipinski definition) is 3. The fourth-order valence-corrected chi connectivity index (χ4v) is 2.92. The van der Waals surface area contributed by atoms with Gasteiger partial charge in [-0.25, -0.2) is 0 Å². The summed E-state index contributed by atoms with van der Waals surface area (Å²) in [4.78, 5) is 21.7. The molecule has 17 heavy (non-hydrogen) atoms. The molecule has 100 valence electrons. The van der Waals surface area contributed by atoms with Crippen LogP contribution in [0.5, 0.6) is 0 Å². The van der Waals surface area contributed by atoms with Gasteiger partial charge in [-0.15, -0.1) is 0 Å². The first-order valence-corrected chi connectivity index (χ1v) is 7.52. The van der Waals surface area contributed by atoms with E-state index in [0.29, 0.717) is 5.75 Å². The first-order valence-electron chi connectivity index (χ1n) is 5.03. The monoisotopic (exact) mass is 282 g/mol. The maximum atomic E-state index is 11.3. The molecule has 8 heteroatoms. The van der Waals surface area contributed by atoms with Gasteiger partial charge in [-0.05, 0) is 13.8 Å². The molecule has 1 unspecified atom stereocenters. The number of aliphatic carboxylic acids is 1. The van der Waals surface area contributed by atoms with Gasteiger partial charge in [0.2, 0.25) is 0 Å². The highest BCUT2D eigenvalue weighted by atomic mass is 33.1. The van der Waals surface area contributed by atoms with Crippen LogP contribution in [0.1, 0.15) is 13.8 Å². The number of ether oxygens (including phenoxy) is 1. The van der Waals surface area contributed by atoms with E-state index in [-0.39, 0.29) is 11.9 Å². The van der Waals surface area contributed by atoms with Crippen molar-refractivity contribution >= 4 is 33.5 Å². The Kier molecular flexibility index (Phi) is 8.40. The highest BCUT2D eigenvalue weighted by molar-refractivity contribution is 8.76. The normalized spacial score (nSPS) is 14.4.